The molecule has 1 atom stereocenters. The van der Waals surface area contributed by atoms with E-state index in [0.717, 1.165) is 17.9 Å². The molecule has 0 saturated heterocycles. The average Bonchev–Trinajstić information content (AvgIpc) is 2.17. The molecule has 1 unspecified atom stereocenters. The molecule has 0 aliphatic rings. The van der Waals surface area contributed by atoms with Crippen molar-refractivity contribution in [3.63, 3.8) is 0 Å². The molecule has 0 aliphatic carbocycles. The zero-order valence-electron chi connectivity index (χ0n) is 10.3. The predicted octanol–water partition coefficient (Wildman–Crippen LogP) is 2.98. The van der Waals surface area contributed by atoms with Crippen LogP contribution in [0.2, 0.25) is 0 Å². The van der Waals surface area contributed by atoms with E-state index in [1.54, 1.807) is 6.33 Å². The van der Waals surface area contributed by atoms with Crippen LogP contribution in [0.25, 0.3) is 0 Å². The lowest BCUT2D eigenvalue weighted by atomic mass is 9.92. The summed E-state index contributed by atoms with van der Waals surface area (Å²) in [6.45, 7) is 10.8. The van der Waals surface area contributed by atoms with Crippen molar-refractivity contribution in [2.45, 2.75) is 52.5 Å². The fourth-order valence-electron chi connectivity index (χ4n) is 1.20. The molecule has 1 N–H and O–H groups in total. The molecule has 0 aliphatic heterocycles. The van der Waals surface area contributed by atoms with Crippen LogP contribution in [0.15, 0.2) is 12.4 Å². The van der Waals surface area contributed by atoms with E-state index >= 15 is 0 Å². The summed E-state index contributed by atoms with van der Waals surface area (Å²) in [5.41, 5.74) is 1.15. The first-order chi connectivity index (χ1) is 6.93. The number of hydrogen-bond donors (Lipinski definition) is 1. The highest BCUT2D eigenvalue weighted by Gasteiger charge is 2.16. The molecule has 1 aromatic heterocycles. The van der Waals surface area contributed by atoms with E-state index in [-0.39, 0.29) is 5.41 Å². The summed E-state index contributed by atoms with van der Waals surface area (Å²) in [7, 11) is 0. The Balaban J connectivity index is 2.84. The van der Waals surface area contributed by atoms with Crippen molar-refractivity contribution in [3.8, 4) is 0 Å². The van der Waals surface area contributed by atoms with Crippen molar-refractivity contribution in [3.05, 3.63) is 18.1 Å². The maximum Gasteiger partial charge on any atom is 0.129 e. The predicted molar refractivity (Wildman–Crippen MR) is 64.1 cm³/mol. The smallest absolute Gasteiger partial charge is 0.129 e. The molecule has 0 spiro atoms. The Labute approximate surface area is 92.3 Å². The Morgan fingerprint density at radius 3 is 2.53 bits per heavy atom. The minimum Gasteiger partial charge on any atom is -0.368 e. The van der Waals surface area contributed by atoms with Crippen molar-refractivity contribution in [1.29, 1.82) is 0 Å². The van der Waals surface area contributed by atoms with Crippen LogP contribution in [-0.2, 0) is 5.41 Å². The number of nitrogens with one attached hydrogen (secondary N) is 1. The number of anilines is 1. The standard InChI is InChI=1S/C12H21N3/c1-6-9(2)15-11-7-10(12(3,4)5)13-8-14-11/h7-9H,6H2,1-5H3,(H,13,14,15). The number of hydrogen-bond acceptors (Lipinski definition) is 3. The number of nitrogens with zero attached hydrogens (tertiary/aromatic N) is 2. The molecule has 0 fully saturated rings. The molecule has 3 heteroatoms. The Morgan fingerprint density at radius 2 is 2.00 bits per heavy atom. The highest BCUT2D eigenvalue weighted by molar-refractivity contribution is 5.37. The van der Waals surface area contributed by atoms with Crippen molar-refractivity contribution >= 4 is 5.82 Å². The molecule has 1 rings (SSSR count). The lowest BCUT2D eigenvalue weighted by Gasteiger charge is -2.19. The minimum atomic E-state index is 0.0782. The van der Waals surface area contributed by atoms with E-state index in [4.69, 9.17) is 0 Å². The van der Waals surface area contributed by atoms with Crippen LogP contribution >= 0.6 is 0 Å². The van der Waals surface area contributed by atoms with Gasteiger partial charge in [0.05, 0.1) is 5.69 Å². The van der Waals surface area contributed by atoms with Crippen LogP contribution in [0.4, 0.5) is 5.82 Å². The topological polar surface area (TPSA) is 37.8 Å². The first-order valence-electron chi connectivity index (χ1n) is 5.52. The lowest BCUT2D eigenvalue weighted by molar-refractivity contribution is 0.567. The summed E-state index contributed by atoms with van der Waals surface area (Å²) >= 11 is 0. The summed E-state index contributed by atoms with van der Waals surface area (Å²) in [6, 6.07) is 2.49. The first kappa shape index (κ1) is 12.0. The highest BCUT2D eigenvalue weighted by Crippen LogP contribution is 2.21. The summed E-state index contributed by atoms with van der Waals surface area (Å²) in [4.78, 5) is 8.51. The van der Waals surface area contributed by atoms with Gasteiger partial charge in [-0.15, -0.1) is 0 Å². The Kier molecular flexibility index (Phi) is 3.66. The van der Waals surface area contributed by atoms with Gasteiger partial charge in [-0.3, -0.25) is 0 Å². The molecule has 0 saturated carbocycles. The molecular weight excluding hydrogens is 186 g/mol. The van der Waals surface area contributed by atoms with Gasteiger partial charge in [-0.25, -0.2) is 9.97 Å². The third kappa shape index (κ3) is 3.50. The molecule has 0 aromatic carbocycles. The molecule has 0 bridgehead atoms. The molecule has 0 radical (unpaired) electrons. The minimum absolute atomic E-state index is 0.0782. The molecule has 0 amide bonds. The van der Waals surface area contributed by atoms with Crippen molar-refractivity contribution in [2.75, 3.05) is 5.32 Å². The van der Waals surface area contributed by atoms with Crippen molar-refractivity contribution < 1.29 is 0 Å². The quantitative estimate of drug-likeness (QED) is 0.828. The van der Waals surface area contributed by atoms with Crippen LogP contribution < -0.4 is 5.32 Å². The third-order valence-corrected chi connectivity index (χ3v) is 2.44. The monoisotopic (exact) mass is 207 g/mol. The summed E-state index contributed by atoms with van der Waals surface area (Å²) in [6.07, 6.45) is 2.72. The maximum absolute atomic E-state index is 4.29. The van der Waals surface area contributed by atoms with E-state index in [1.807, 2.05) is 6.07 Å². The second kappa shape index (κ2) is 4.60. The van der Waals surface area contributed by atoms with Gasteiger partial charge in [-0.05, 0) is 13.3 Å². The normalized spacial score (nSPS) is 13.7. The molecule has 3 nitrogen and oxygen atoms in total. The zero-order valence-corrected chi connectivity index (χ0v) is 10.3. The fraction of sp³-hybridized carbons (Fsp3) is 0.667. The van der Waals surface area contributed by atoms with Crippen LogP contribution in [0, 0.1) is 0 Å². The largest absolute Gasteiger partial charge is 0.368 e. The average molecular weight is 207 g/mol. The van der Waals surface area contributed by atoms with Gasteiger partial charge in [0.25, 0.3) is 0 Å². The third-order valence-electron chi connectivity index (χ3n) is 2.44. The zero-order chi connectivity index (χ0) is 11.5. The molecule has 1 aromatic rings. The SMILES string of the molecule is CCC(C)Nc1cc(C(C)(C)C)ncn1. The van der Waals surface area contributed by atoms with Crippen molar-refractivity contribution in [1.82, 2.24) is 9.97 Å². The van der Waals surface area contributed by atoms with Crippen LogP contribution in [-0.4, -0.2) is 16.0 Å². The highest BCUT2D eigenvalue weighted by atomic mass is 15.0. The van der Waals surface area contributed by atoms with Crippen molar-refractivity contribution in [2.24, 2.45) is 0 Å². The second-order valence-electron chi connectivity index (χ2n) is 4.99. The number of rotatable bonds is 3. The number of aromatic nitrogens is 2. The molecular formula is C12H21N3. The van der Waals surface area contributed by atoms with Gasteiger partial charge in [0.2, 0.25) is 0 Å². The Bertz CT molecular complexity index is 315. The van der Waals surface area contributed by atoms with Gasteiger partial charge in [0.15, 0.2) is 0 Å². The summed E-state index contributed by atoms with van der Waals surface area (Å²) in [5.74, 6) is 0.921. The van der Waals surface area contributed by atoms with E-state index in [9.17, 15) is 0 Å². The van der Waals surface area contributed by atoms with Gasteiger partial charge < -0.3 is 5.32 Å². The maximum atomic E-state index is 4.29. The van der Waals surface area contributed by atoms with Crippen LogP contribution in [0.3, 0.4) is 0 Å². The van der Waals surface area contributed by atoms with Gasteiger partial charge in [0, 0.05) is 17.5 Å². The Morgan fingerprint density at radius 1 is 1.33 bits per heavy atom. The summed E-state index contributed by atoms with van der Waals surface area (Å²) in [5, 5.41) is 3.35. The first-order valence-corrected chi connectivity index (χ1v) is 5.52. The van der Waals surface area contributed by atoms with E-state index in [1.165, 1.54) is 0 Å². The molecule has 84 valence electrons. The van der Waals surface area contributed by atoms with Crippen LogP contribution in [0.5, 0.6) is 0 Å². The van der Waals surface area contributed by atoms with Gasteiger partial charge >= 0.3 is 0 Å². The molecule has 1 heterocycles. The second-order valence-corrected chi connectivity index (χ2v) is 4.99. The molecule has 15 heavy (non-hydrogen) atoms. The van der Waals surface area contributed by atoms with E-state index < -0.39 is 0 Å². The van der Waals surface area contributed by atoms with E-state index in [2.05, 4.69) is 49.9 Å². The van der Waals surface area contributed by atoms with Gasteiger partial charge in [-0.1, -0.05) is 27.7 Å². The van der Waals surface area contributed by atoms with E-state index in [0.29, 0.717) is 6.04 Å². The summed E-state index contributed by atoms with van der Waals surface area (Å²) < 4.78 is 0. The fourth-order valence-corrected chi connectivity index (χ4v) is 1.20. The van der Waals surface area contributed by atoms with Gasteiger partial charge in [-0.2, -0.15) is 0 Å². The van der Waals surface area contributed by atoms with Gasteiger partial charge in [0.1, 0.15) is 12.1 Å². The van der Waals surface area contributed by atoms with Crippen LogP contribution in [0.1, 0.15) is 46.7 Å². The Hall–Kier alpha value is -1.12. The lowest BCUT2D eigenvalue weighted by Crippen LogP contribution is -2.18.